The van der Waals surface area contributed by atoms with Crippen molar-refractivity contribution in [1.82, 2.24) is 5.32 Å². The van der Waals surface area contributed by atoms with Gasteiger partial charge in [0.2, 0.25) is 0 Å². The van der Waals surface area contributed by atoms with Crippen molar-refractivity contribution >= 4 is 23.6 Å². The SMILES string of the molecule is CSc1ccc2c(c1)C(=O)[N]C2=O. The molecular formula is C9H6NO2S. The molecule has 65 valence electrons. The summed E-state index contributed by atoms with van der Waals surface area (Å²) in [7, 11) is 0. The van der Waals surface area contributed by atoms with Crippen molar-refractivity contribution in [2.24, 2.45) is 0 Å². The smallest absolute Gasteiger partial charge is 0.267 e. The summed E-state index contributed by atoms with van der Waals surface area (Å²) in [5.74, 6) is -0.844. The number of rotatable bonds is 1. The Balaban J connectivity index is 2.58. The second-order valence-corrected chi connectivity index (χ2v) is 3.51. The van der Waals surface area contributed by atoms with Crippen LogP contribution in [0.25, 0.3) is 0 Å². The maximum Gasteiger partial charge on any atom is 0.281 e. The average molecular weight is 192 g/mol. The van der Waals surface area contributed by atoms with Gasteiger partial charge in [-0.3, -0.25) is 9.59 Å². The Kier molecular flexibility index (Phi) is 1.84. The minimum absolute atomic E-state index is 0.419. The number of nitrogens with zero attached hydrogens (tertiary/aromatic N) is 1. The minimum atomic E-state index is -0.423. The topological polar surface area (TPSA) is 48.2 Å². The quantitative estimate of drug-likeness (QED) is 0.498. The molecule has 0 aliphatic carbocycles. The Bertz CT molecular complexity index is 401. The molecule has 1 aliphatic heterocycles. The molecule has 13 heavy (non-hydrogen) atoms. The number of thioether (sulfide) groups is 1. The van der Waals surface area contributed by atoms with E-state index < -0.39 is 11.8 Å². The number of hydrogen-bond acceptors (Lipinski definition) is 3. The molecule has 1 heterocycles. The zero-order valence-electron chi connectivity index (χ0n) is 6.90. The van der Waals surface area contributed by atoms with Crippen molar-refractivity contribution in [3.8, 4) is 0 Å². The van der Waals surface area contributed by atoms with Crippen LogP contribution in [0.1, 0.15) is 20.7 Å². The van der Waals surface area contributed by atoms with Crippen molar-refractivity contribution in [2.45, 2.75) is 4.90 Å². The molecule has 3 nitrogen and oxygen atoms in total. The highest BCUT2D eigenvalue weighted by molar-refractivity contribution is 7.98. The van der Waals surface area contributed by atoms with Crippen LogP contribution in [0.4, 0.5) is 0 Å². The molecule has 4 heteroatoms. The lowest BCUT2D eigenvalue weighted by Crippen LogP contribution is -2.10. The molecule has 0 N–H and O–H groups in total. The van der Waals surface area contributed by atoms with Gasteiger partial charge in [-0.1, -0.05) is 0 Å². The number of carbonyl (C=O) groups is 2. The van der Waals surface area contributed by atoms with Gasteiger partial charge in [0.05, 0.1) is 11.1 Å². The lowest BCUT2D eigenvalue weighted by molar-refractivity contribution is 0.0873. The van der Waals surface area contributed by atoms with Gasteiger partial charge >= 0.3 is 0 Å². The summed E-state index contributed by atoms with van der Waals surface area (Å²) in [6.07, 6.45) is 1.92. The van der Waals surface area contributed by atoms with Crippen LogP contribution in [-0.2, 0) is 0 Å². The van der Waals surface area contributed by atoms with Crippen LogP contribution in [-0.4, -0.2) is 18.1 Å². The molecule has 1 aliphatic rings. The Labute approximate surface area is 79.5 Å². The predicted molar refractivity (Wildman–Crippen MR) is 49.0 cm³/mol. The lowest BCUT2D eigenvalue weighted by Gasteiger charge is -1.97. The molecule has 0 unspecified atom stereocenters. The fraction of sp³-hybridized carbons (Fsp3) is 0.111. The molecule has 2 amide bonds. The number of fused-ring (bicyclic) bond motifs is 1. The van der Waals surface area contributed by atoms with Gasteiger partial charge in [0, 0.05) is 4.90 Å². The Morgan fingerprint density at radius 1 is 1.15 bits per heavy atom. The average Bonchev–Trinajstić information content (AvgIpc) is 2.42. The molecule has 0 spiro atoms. The molecule has 1 radical (unpaired) electrons. The summed E-state index contributed by atoms with van der Waals surface area (Å²) >= 11 is 1.53. The van der Waals surface area contributed by atoms with Gasteiger partial charge in [-0.2, -0.15) is 5.32 Å². The molecule has 0 saturated carbocycles. The van der Waals surface area contributed by atoms with Gasteiger partial charge in [-0.15, -0.1) is 11.8 Å². The number of amides is 2. The summed E-state index contributed by atoms with van der Waals surface area (Å²) in [5, 5.41) is 3.35. The molecule has 0 atom stereocenters. The first-order chi connectivity index (χ1) is 6.22. The fourth-order valence-electron chi connectivity index (χ4n) is 1.23. The van der Waals surface area contributed by atoms with Crippen molar-refractivity contribution < 1.29 is 9.59 Å². The molecule has 1 aromatic carbocycles. The van der Waals surface area contributed by atoms with E-state index in [0.717, 1.165) is 4.90 Å². The largest absolute Gasteiger partial charge is 0.281 e. The second kappa shape index (κ2) is 2.88. The molecule has 2 rings (SSSR count). The summed E-state index contributed by atoms with van der Waals surface area (Å²) < 4.78 is 0. The maximum atomic E-state index is 11.1. The Hall–Kier alpha value is -1.29. The monoisotopic (exact) mass is 192 g/mol. The maximum absolute atomic E-state index is 11.1. The zero-order valence-corrected chi connectivity index (χ0v) is 7.72. The van der Waals surface area contributed by atoms with Crippen LogP contribution >= 0.6 is 11.8 Å². The first-order valence-corrected chi connectivity index (χ1v) is 4.93. The molecule has 0 bridgehead atoms. The standard InChI is InChI=1S/C9H6NO2S/c1-13-5-2-3-6-7(4-5)9(12)10-8(6)11/h2-4H,1H3. The first kappa shape index (κ1) is 8.31. The van der Waals surface area contributed by atoms with E-state index >= 15 is 0 Å². The number of imide groups is 1. The van der Waals surface area contributed by atoms with Crippen LogP contribution in [0.2, 0.25) is 0 Å². The van der Waals surface area contributed by atoms with E-state index in [2.05, 4.69) is 5.32 Å². The second-order valence-electron chi connectivity index (χ2n) is 2.63. The number of benzene rings is 1. The van der Waals surface area contributed by atoms with Crippen LogP contribution in [0.3, 0.4) is 0 Å². The highest BCUT2D eigenvalue weighted by Crippen LogP contribution is 2.22. The van der Waals surface area contributed by atoms with Gasteiger partial charge in [0.15, 0.2) is 0 Å². The Morgan fingerprint density at radius 3 is 2.54 bits per heavy atom. The van der Waals surface area contributed by atoms with E-state index in [4.69, 9.17) is 0 Å². The molecular weight excluding hydrogens is 186 g/mol. The first-order valence-electron chi connectivity index (χ1n) is 3.71. The summed E-state index contributed by atoms with van der Waals surface area (Å²) in [5.41, 5.74) is 0.847. The van der Waals surface area contributed by atoms with Gasteiger partial charge in [-0.05, 0) is 24.5 Å². The normalized spacial score (nSPS) is 14.2. The van der Waals surface area contributed by atoms with E-state index in [9.17, 15) is 9.59 Å². The summed E-state index contributed by atoms with van der Waals surface area (Å²) in [4.78, 5) is 23.2. The van der Waals surface area contributed by atoms with Gasteiger partial charge in [0.25, 0.3) is 11.8 Å². The van der Waals surface area contributed by atoms with Crippen molar-refractivity contribution in [1.29, 1.82) is 0 Å². The minimum Gasteiger partial charge on any atom is -0.267 e. The van der Waals surface area contributed by atoms with E-state index in [0.29, 0.717) is 11.1 Å². The molecule has 1 aromatic rings. The molecule has 0 fully saturated rings. The zero-order chi connectivity index (χ0) is 9.42. The predicted octanol–water partition coefficient (Wildman–Crippen LogP) is 1.31. The van der Waals surface area contributed by atoms with E-state index in [1.165, 1.54) is 11.8 Å². The molecule has 0 aromatic heterocycles. The molecule has 0 saturated heterocycles. The van der Waals surface area contributed by atoms with Gasteiger partial charge in [-0.25, -0.2) is 0 Å². The van der Waals surface area contributed by atoms with E-state index in [1.54, 1.807) is 12.1 Å². The van der Waals surface area contributed by atoms with Gasteiger partial charge < -0.3 is 0 Å². The van der Waals surface area contributed by atoms with Crippen molar-refractivity contribution in [3.63, 3.8) is 0 Å². The van der Waals surface area contributed by atoms with Crippen molar-refractivity contribution in [3.05, 3.63) is 29.3 Å². The Morgan fingerprint density at radius 2 is 1.85 bits per heavy atom. The van der Waals surface area contributed by atoms with Crippen LogP contribution in [0, 0.1) is 0 Å². The van der Waals surface area contributed by atoms with Gasteiger partial charge in [0.1, 0.15) is 0 Å². The number of carbonyl (C=O) groups excluding carboxylic acids is 2. The summed E-state index contributed by atoms with van der Waals surface area (Å²) in [6.45, 7) is 0. The third kappa shape index (κ3) is 1.23. The number of hydrogen-bond donors (Lipinski definition) is 0. The van der Waals surface area contributed by atoms with E-state index in [1.807, 2.05) is 12.3 Å². The van der Waals surface area contributed by atoms with E-state index in [-0.39, 0.29) is 0 Å². The van der Waals surface area contributed by atoms with Crippen molar-refractivity contribution in [2.75, 3.05) is 6.26 Å². The van der Waals surface area contributed by atoms with Crippen LogP contribution in [0.15, 0.2) is 23.1 Å². The lowest BCUT2D eigenvalue weighted by atomic mass is 10.1. The summed E-state index contributed by atoms with van der Waals surface area (Å²) in [6, 6.07) is 5.17. The highest BCUT2D eigenvalue weighted by atomic mass is 32.2. The fourth-order valence-corrected chi connectivity index (χ4v) is 1.67. The van der Waals surface area contributed by atoms with Crippen LogP contribution in [0.5, 0.6) is 0 Å². The third-order valence-corrected chi connectivity index (χ3v) is 2.62. The third-order valence-electron chi connectivity index (χ3n) is 1.89. The highest BCUT2D eigenvalue weighted by Gasteiger charge is 2.28. The van der Waals surface area contributed by atoms with Crippen LogP contribution < -0.4 is 5.32 Å².